The summed E-state index contributed by atoms with van der Waals surface area (Å²) in [6.07, 6.45) is 0. The lowest BCUT2D eigenvalue weighted by molar-refractivity contribution is -0.127. The number of fused-ring (bicyclic) bond motifs is 1. The maximum absolute atomic E-state index is 12.5. The van der Waals surface area contributed by atoms with Gasteiger partial charge in [0.05, 0.1) is 29.9 Å². The molecule has 0 atom stereocenters. The van der Waals surface area contributed by atoms with Crippen LogP contribution in [0.15, 0.2) is 58.2 Å². The predicted octanol–water partition coefficient (Wildman–Crippen LogP) is 4.07. The van der Waals surface area contributed by atoms with Crippen LogP contribution in [0.5, 0.6) is 5.75 Å². The molecule has 0 spiro atoms. The van der Waals surface area contributed by atoms with Gasteiger partial charge in [0.1, 0.15) is 12.4 Å². The van der Waals surface area contributed by atoms with Crippen LogP contribution < -0.4 is 4.74 Å². The SMILES string of the molecule is COCCn1c(SCC(=O)N(C)CCOc2ccc(Br)cc2)nc2ccccc21. The number of benzene rings is 2. The average Bonchev–Trinajstić information content (AvgIpc) is 3.09. The number of imidazole rings is 1. The molecule has 0 aliphatic carbocycles. The maximum atomic E-state index is 12.5. The molecule has 0 saturated heterocycles. The van der Waals surface area contributed by atoms with E-state index in [-0.39, 0.29) is 5.91 Å². The number of thioether (sulfide) groups is 1. The number of aromatic nitrogens is 2. The van der Waals surface area contributed by atoms with Gasteiger partial charge in [-0.3, -0.25) is 4.79 Å². The van der Waals surface area contributed by atoms with Crippen molar-refractivity contribution in [1.82, 2.24) is 14.5 Å². The maximum Gasteiger partial charge on any atom is 0.232 e. The molecule has 29 heavy (non-hydrogen) atoms. The standard InChI is InChI=1S/C21H24BrN3O3S/c1-24(11-14-28-17-9-7-16(22)8-10-17)20(26)15-29-21-23-18-5-3-4-6-19(18)25(21)12-13-27-2/h3-10H,11-15H2,1-2H3. The first-order valence-electron chi connectivity index (χ1n) is 9.28. The number of para-hydroxylation sites is 2. The summed E-state index contributed by atoms with van der Waals surface area (Å²) in [5.41, 5.74) is 1.98. The second-order valence-electron chi connectivity index (χ2n) is 6.43. The van der Waals surface area contributed by atoms with Crippen LogP contribution in [0.1, 0.15) is 0 Å². The third kappa shape index (κ3) is 5.98. The van der Waals surface area contributed by atoms with Crippen molar-refractivity contribution >= 4 is 44.6 Å². The van der Waals surface area contributed by atoms with Crippen molar-refractivity contribution in [1.29, 1.82) is 0 Å². The summed E-state index contributed by atoms with van der Waals surface area (Å²) >= 11 is 4.85. The first-order valence-corrected chi connectivity index (χ1v) is 11.1. The Morgan fingerprint density at radius 1 is 1.17 bits per heavy atom. The van der Waals surface area contributed by atoms with Gasteiger partial charge in [-0.25, -0.2) is 4.98 Å². The van der Waals surface area contributed by atoms with Gasteiger partial charge in [0, 0.05) is 25.2 Å². The van der Waals surface area contributed by atoms with E-state index in [1.807, 2.05) is 48.5 Å². The number of methoxy groups -OCH3 is 1. The molecule has 6 nitrogen and oxygen atoms in total. The van der Waals surface area contributed by atoms with E-state index < -0.39 is 0 Å². The number of halogens is 1. The highest BCUT2D eigenvalue weighted by atomic mass is 79.9. The fourth-order valence-electron chi connectivity index (χ4n) is 2.75. The van der Waals surface area contributed by atoms with Crippen LogP contribution in [0.25, 0.3) is 11.0 Å². The number of hydrogen-bond acceptors (Lipinski definition) is 5. The van der Waals surface area contributed by atoms with Crippen molar-refractivity contribution in [3.63, 3.8) is 0 Å². The van der Waals surface area contributed by atoms with Crippen LogP contribution in [0, 0.1) is 0 Å². The Morgan fingerprint density at radius 2 is 1.93 bits per heavy atom. The van der Waals surface area contributed by atoms with E-state index in [1.54, 1.807) is 19.1 Å². The average molecular weight is 478 g/mol. The van der Waals surface area contributed by atoms with Crippen molar-refractivity contribution in [2.75, 3.05) is 39.7 Å². The molecule has 0 unspecified atom stereocenters. The van der Waals surface area contributed by atoms with Gasteiger partial charge in [0.2, 0.25) is 5.91 Å². The summed E-state index contributed by atoms with van der Waals surface area (Å²) in [5, 5.41) is 0.830. The molecule has 3 aromatic rings. The van der Waals surface area contributed by atoms with E-state index in [9.17, 15) is 4.79 Å². The van der Waals surface area contributed by atoms with Crippen molar-refractivity contribution in [3.05, 3.63) is 53.0 Å². The Morgan fingerprint density at radius 3 is 2.69 bits per heavy atom. The Hall–Kier alpha value is -2.03. The van der Waals surface area contributed by atoms with Crippen molar-refractivity contribution in [2.24, 2.45) is 0 Å². The lowest BCUT2D eigenvalue weighted by Gasteiger charge is -2.17. The fourth-order valence-corrected chi connectivity index (χ4v) is 4.00. The lowest BCUT2D eigenvalue weighted by Crippen LogP contribution is -2.32. The zero-order valence-electron chi connectivity index (χ0n) is 16.5. The Balaban J connectivity index is 1.53. The highest BCUT2D eigenvalue weighted by Crippen LogP contribution is 2.24. The lowest BCUT2D eigenvalue weighted by atomic mass is 10.3. The summed E-state index contributed by atoms with van der Waals surface area (Å²) in [7, 11) is 3.47. The third-order valence-electron chi connectivity index (χ3n) is 4.40. The molecule has 0 saturated carbocycles. The Bertz CT molecular complexity index is 946. The zero-order chi connectivity index (χ0) is 20.6. The largest absolute Gasteiger partial charge is 0.492 e. The molecule has 0 aliphatic heterocycles. The molecule has 154 valence electrons. The second kappa shape index (κ2) is 10.7. The Labute approximate surface area is 183 Å². The van der Waals surface area contributed by atoms with Gasteiger partial charge in [-0.05, 0) is 36.4 Å². The molecule has 0 aliphatic rings. The van der Waals surface area contributed by atoms with Gasteiger partial charge in [0.25, 0.3) is 0 Å². The number of rotatable bonds is 10. The summed E-state index contributed by atoms with van der Waals surface area (Å²) in [5.74, 6) is 1.15. The first kappa shape index (κ1) is 21.7. The highest BCUT2D eigenvalue weighted by Gasteiger charge is 2.15. The number of likely N-dealkylation sites (N-methyl/N-ethyl adjacent to an activating group) is 1. The first-order chi connectivity index (χ1) is 14.1. The predicted molar refractivity (Wildman–Crippen MR) is 120 cm³/mol. The molecule has 8 heteroatoms. The minimum absolute atomic E-state index is 0.0414. The number of amides is 1. The topological polar surface area (TPSA) is 56.6 Å². The van der Waals surface area contributed by atoms with E-state index in [2.05, 4.69) is 25.5 Å². The molecular weight excluding hydrogens is 454 g/mol. The van der Waals surface area contributed by atoms with Crippen LogP contribution in [-0.2, 0) is 16.1 Å². The quantitative estimate of drug-likeness (QED) is 0.411. The minimum atomic E-state index is 0.0414. The van der Waals surface area contributed by atoms with Gasteiger partial charge < -0.3 is 18.9 Å². The summed E-state index contributed by atoms with van der Waals surface area (Å²) in [4.78, 5) is 18.9. The molecule has 0 N–H and O–H groups in total. The normalized spacial score (nSPS) is 11.0. The van der Waals surface area contributed by atoms with Crippen molar-refractivity contribution < 1.29 is 14.3 Å². The minimum Gasteiger partial charge on any atom is -0.492 e. The molecule has 3 rings (SSSR count). The van der Waals surface area contributed by atoms with Gasteiger partial charge in [-0.2, -0.15) is 0 Å². The van der Waals surface area contributed by atoms with Crippen molar-refractivity contribution in [2.45, 2.75) is 11.7 Å². The molecule has 0 radical (unpaired) electrons. The van der Waals surface area contributed by atoms with Crippen LogP contribution >= 0.6 is 27.7 Å². The Kier molecular flexibility index (Phi) is 7.97. The van der Waals surface area contributed by atoms with E-state index in [4.69, 9.17) is 9.47 Å². The zero-order valence-corrected chi connectivity index (χ0v) is 18.9. The van der Waals surface area contributed by atoms with E-state index in [0.29, 0.717) is 32.1 Å². The number of hydrogen-bond donors (Lipinski definition) is 0. The molecule has 1 amide bonds. The van der Waals surface area contributed by atoms with Crippen molar-refractivity contribution in [3.8, 4) is 5.75 Å². The molecule has 0 bridgehead atoms. The van der Waals surface area contributed by atoms with Gasteiger partial charge in [-0.15, -0.1) is 0 Å². The third-order valence-corrected chi connectivity index (χ3v) is 5.89. The number of nitrogens with zero attached hydrogens (tertiary/aromatic N) is 3. The molecule has 2 aromatic carbocycles. The number of carbonyl (C=O) groups is 1. The molecular formula is C21H24BrN3O3S. The summed E-state index contributed by atoms with van der Waals surface area (Å²) in [6, 6.07) is 15.6. The van der Waals surface area contributed by atoms with Crippen LogP contribution in [0.3, 0.4) is 0 Å². The van der Waals surface area contributed by atoms with E-state index in [1.165, 1.54) is 11.8 Å². The monoisotopic (exact) mass is 477 g/mol. The van der Waals surface area contributed by atoms with Crippen LogP contribution in [-0.4, -0.2) is 60.0 Å². The molecule has 1 heterocycles. The number of carbonyl (C=O) groups excluding carboxylic acids is 1. The van der Waals surface area contributed by atoms with E-state index >= 15 is 0 Å². The second-order valence-corrected chi connectivity index (χ2v) is 8.29. The smallest absolute Gasteiger partial charge is 0.232 e. The summed E-state index contributed by atoms with van der Waals surface area (Å²) < 4.78 is 14.0. The van der Waals surface area contributed by atoms with Crippen LogP contribution in [0.2, 0.25) is 0 Å². The van der Waals surface area contributed by atoms with Gasteiger partial charge in [0.15, 0.2) is 5.16 Å². The molecule has 0 fully saturated rings. The van der Waals surface area contributed by atoms with Crippen LogP contribution in [0.4, 0.5) is 0 Å². The molecule has 1 aromatic heterocycles. The number of ether oxygens (including phenoxy) is 2. The summed E-state index contributed by atoms with van der Waals surface area (Å²) in [6.45, 7) is 2.26. The van der Waals surface area contributed by atoms with E-state index in [0.717, 1.165) is 26.4 Å². The van der Waals surface area contributed by atoms with Gasteiger partial charge in [-0.1, -0.05) is 39.8 Å². The van der Waals surface area contributed by atoms with Gasteiger partial charge >= 0.3 is 0 Å². The highest BCUT2D eigenvalue weighted by molar-refractivity contribution is 9.10. The fraction of sp³-hybridized carbons (Fsp3) is 0.333.